The molecule has 1 saturated heterocycles. The van der Waals surface area contributed by atoms with E-state index >= 15 is 0 Å². The number of rotatable bonds is 4. The van der Waals surface area contributed by atoms with Crippen LogP contribution < -0.4 is 5.32 Å². The number of nitrogens with one attached hydrogen (secondary N) is 1. The van der Waals surface area contributed by atoms with Gasteiger partial charge in [-0.25, -0.2) is 0 Å². The lowest BCUT2D eigenvalue weighted by molar-refractivity contribution is -0.139. The summed E-state index contributed by atoms with van der Waals surface area (Å²) < 4.78 is 0. The first-order valence-corrected chi connectivity index (χ1v) is 8.25. The Hall–Kier alpha value is -0.900. The lowest BCUT2D eigenvalue weighted by Gasteiger charge is -2.30. The summed E-state index contributed by atoms with van der Waals surface area (Å²) in [6, 6.07) is 0.336. The molecule has 5 atom stereocenters. The standard InChI is InChI=1S/C16H24N2O2/c1-9(13-7-10-2-3-11(13)6-10)17-14-8-15(19)18(16(14)20)12-4-5-12/h9-14,17H,2-8H2,1H3. The summed E-state index contributed by atoms with van der Waals surface area (Å²) in [4.78, 5) is 25.9. The number of nitrogens with zero attached hydrogens (tertiary/aromatic N) is 1. The first-order valence-electron chi connectivity index (χ1n) is 8.25. The van der Waals surface area contributed by atoms with Gasteiger partial charge in [0.25, 0.3) is 0 Å². The first kappa shape index (κ1) is 12.8. The summed E-state index contributed by atoms with van der Waals surface area (Å²) in [5.41, 5.74) is 0. The topological polar surface area (TPSA) is 49.4 Å². The third kappa shape index (κ3) is 2.00. The second kappa shape index (κ2) is 4.55. The SMILES string of the molecule is CC(NC1CC(=O)N(C2CC2)C1=O)C1CC2CCC1C2. The van der Waals surface area contributed by atoms with Crippen LogP contribution in [0.2, 0.25) is 0 Å². The fraction of sp³-hybridized carbons (Fsp3) is 0.875. The summed E-state index contributed by atoms with van der Waals surface area (Å²) in [5, 5.41) is 3.49. The van der Waals surface area contributed by atoms with Crippen molar-refractivity contribution in [2.45, 2.75) is 70.0 Å². The zero-order valence-corrected chi connectivity index (χ0v) is 12.2. The molecule has 4 nitrogen and oxygen atoms in total. The van der Waals surface area contributed by atoms with Crippen LogP contribution in [-0.2, 0) is 9.59 Å². The maximum Gasteiger partial charge on any atom is 0.247 e. The van der Waals surface area contributed by atoms with E-state index in [1.165, 1.54) is 30.6 Å². The molecule has 0 aromatic heterocycles. The molecule has 0 spiro atoms. The van der Waals surface area contributed by atoms with E-state index in [4.69, 9.17) is 0 Å². The van der Waals surface area contributed by atoms with Crippen LogP contribution >= 0.6 is 0 Å². The lowest BCUT2D eigenvalue weighted by atomic mass is 9.83. The zero-order chi connectivity index (χ0) is 13.9. The molecule has 3 saturated carbocycles. The molecular weight excluding hydrogens is 252 g/mol. The molecular formula is C16H24N2O2. The Morgan fingerprint density at radius 1 is 1.15 bits per heavy atom. The third-order valence-electron chi connectivity index (χ3n) is 5.99. The second-order valence-electron chi connectivity index (χ2n) is 7.38. The van der Waals surface area contributed by atoms with Gasteiger partial charge in [0.05, 0.1) is 12.5 Å². The van der Waals surface area contributed by atoms with Crippen LogP contribution in [0, 0.1) is 17.8 Å². The zero-order valence-electron chi connectivity index (χ0n) is 12.2. The Kier molecular flexibility index (Phi) is 2.92. The van der Waals surface area contributed by atoms with Gasteiger partial charge in [0.2, 0.25) is 11.8 Å². The van der Waals surface area contributed by atoms with Crippen LogP contribution in [0.25, 0.3) is 0 Å². The maximum atomic E-state index is 12.4. The number of hydrogen-bond acceptors (Lipinski definition) is 3. The van der Waals surface area contributed by atoms with E-state index < -0.39 is 0 Å². The van der Waals surface area contributed by atoms with Crippen molar-refractivity contribution in [3.63, 3.8) is 0 Å². The average molecular weight is 276 g/mol. The average Bonchev–Trinajstić information content (AvgIpc) is 2.92. The highest BCUT2D eigenvalue weighted by molar-refractivity contribution is 6.06. The smallest absolute Gasteiger partial charge is 0.247 e. The van der Waals surface area contributed by atoms with Gasteiger partial charge in [-0.3, -0.25) is 14.5 Å². The van der Waals surface area contributed by atoms with Gasteiger partial charge >= 0.3 is 0 Å². The summed E-state index contributed by atoms with van der Waals surface area (Å²) in [6.45, 7) is 2.21. The molecule has 2 bridgehead atoms. The maximum absolute atomic E-state index is 12.4. The fourth-order valence-corrected chi connectivity index (χ4v) is 4.84. The van der Waals surface area contributed by atoms with Crippen molar-refractivity contribution in [2.75, 3.05) is 0 Å². The molecule has 0 aromatic carbocycles. The summed E-state index contributed by atoms with van der Waals surface area (Å²) in [7, 11) is 0. The van der Waals surface area contributed by atoms with Crippen LogP contribution in [0.5, 0.6) is 0 Å². The first-order chi connectivity index (χ1) is 9.63. The van der Waals surface area contributed by atoms with Crippen molar-refractivity contribution in [1.82, 2.24) is 10.2 Å². The summed E-state index contributed by atoms with van der Waals surface area (Å²) in [6.07, 6.45) is 7.87. The Morgan fingerprint density at radius 2 is 1.95 bits per heavy atom. The number of carbonyl (C=O) groups is 2. The van der Waals surface area contributed by atoms with Gasteiger partial charge in [0.15, 0.2) is 0 Å². The number of amides is 2. The largest absolute Gasteiger partial charge is 0.303 e. The molecule has 1 aliphatic heterocycles. The molecule has 1 N–H and O–H groups in total. The van der Waals surface area contributed by atoms with E-state index in [0.29, 0.717) is 18.4 Å². The lowest BCUT2D eigenvalue weighted by Crippen LogP contribution is -2.46. The molecule has 4 rings (SSSR count). The number of imide groups is 1. The van der Waals surface area contributed by atoms with Gasteiger partial charge in [-0.05, 0) is 56.8 Å². The molecule has 1 heterocycles. The van der Waals surface area contributed by atoms with E-state index in [2.05, 4.69) is 12.2 Å². The van der Waals surface area contributed by atoms with Crippen molar-refractivity contribution >= 4 is 11.8 Å². The van der Waals surface area contributed by atoms with Crippen LogP contribution in [-0.4, -0.2) is 34.8 Å². The summed E-state index contributed by atoms with van der Waals surface area (Å²) >= 11 is 0. The molecule has 4 fully saturated rings. The molecule has 5 unspecified atom stereocenters. The van der Waals surface area contributed by atoms with Crippen molar-refractivity contribution < 1.29 is 9.59 Å². The van der Waals surface area contributed by atoms with Gasteiger partial charge in [0.1, 0.15) is 0 Å². The van der Waals surface area contributed by atoms with Crippen LogP contribution in [0.15, 0.2) is 0 Å². The van der Waals surface area contributed by atoms with Gasteiger partial charge in [-0.1, -0.05) is 6.42 Å². The van der Waals surface area contributed by atoms with Gasteiger partial charge < -0.3 is 5.32 Å². The highest BCUT2D eigenvalue weighted by atomic mass is 16.2. The fourth-order valence-electron chi connectivity index (χ4n) is 4.84. The van der Waals surface area contributed by atoms with Crippen molar-refractivity contribution in [3.05, 3.63) is 0 Å². The molecule has 20 heavy (non-hydrogen) atoms. The van der Waals surface area contributed by atoms with Crippen LogP contribution in [0.4, 0.5) is 0 Å². The minimum atomic E-state index is -0.253. The Morgan fingerprint density at radius 3 is 2.55 bits per heavy atom. The predicted molar refractivity (Wildman–Crippen MR) is 74.8 cm³/mol. The van der Waals surface area contributed by atoms with Gasteiger partial charge in [0, 0.05) is 12.1 Å². The second-order valence-corrected chi connectivity index (χ2v) is 7.38. The van der Waals surface area contributed by atoms with Crippen molar-refractivity contribution in [3.8, 4) is 0 Å². The number of fused-ring (bicyclic) bond motifs is 2. The quantitative estimate of drug-likeness (QED) is 0.795. The minimum Gasteiger partial charge on any atom is -0.303 e. The molecule has 4 aliphatic rings. The van der Waals surface area contributed by atoms with Gasteiger partial charge in [-0.2, -0.15) is 0 Å². The van der Waals surface area contributed by atoms with Crippen molar-refractivity contribution in [1.29, 1.82) is 0 Å². The molecule has 4 heteroatoms. The van der Waals surface area contributed by atoms with E-state index in [0.717, 1.165) is 24.7 Å². The molecule has 0 radical (unpaired) electrons. The monoisotopic (exact) mass is 276 g/mol. The molecule has 2 amide bonds. The Balaban J connectivity index is 1.39. The number of carbonyl (C=O) groups excluding carboxylic acids is 2. The highest BCUT2D eigenvalue weighted by Gasteiger charge is 2.48. The third-order valence-corrected chi connectivity index (χ3v) is 5.99. The minimum absolute atomic E-state index is 0.0347. The van der Waals surface area contributed by atoms with Crippen LogP contribution in [0.1, 0.15) is 51.9 Å². The van der Waals surface area contributed by atoms with E-state index in [-0.39, 0.29) is 23.9 Å². The normalized spacial score (nSPS) is 41.8. The highest BCUT2D eigenvalue weighted by Crippen LogP contribution is 2.49. The molecule has 0 aromatic rings. The number of hydrogen-bond donors (Lipinski definition) is 1. The Labute approximate surface area is 120 Å². The number of likely N-dealkylation sites (tertiary alicyclic amines) is 1. The molecule has 3 aliphatic carbocycles. The summed E-state index contributed by atoms with van der Waals surface area (Å²) in [5.74, 6) is 2.57. The van der Waals surface area contributed by atoms with E-state index in [9.17, 15) is 9.59 Å². The van der Waals surface area contributed by atoms with Crippen molar-refractivity contribution in [2.24, 2.45) is 17.8 Å². The Bertz CT molecular complexity index is 446. The van der Waals surface area contributed by atoms with E-state index in [1.807, 2.05) is 0 Å². The molecule has 110 valence electrons. The van der Waals surface area contributed by atoms with Crippen LogP contribution in [0.3, 0.4) is 0 Å². The predicted octanol–water partition coefficient (Wildman–Crippen LogP) is 1.69. The van der Waals surface area contributed by atoms with Gasteiger partial charge in [-0.15, -0.1) is 0 Å². The van der Waals surface area contributed by atoms with E-state index in [1.54, 1.807) is 0 Å².